The molecule has 0 spiro atoms. The maximum absolute atomic E-state index is 12.7. The SMILES string of the molecule is C=CCN1CCc2cc(OC)c(OC)cc2C1CNS(=O)(=O)c1ccccc1. The van der Waals surface area contributed by atoms with Gasteiger partial charge in [0.25, 0.3) is 0 Å². The van der Waals surface area contributed by atoms with Crippen molar-refractivity contribution in [3.8, 4) is 11.5 Å². The summed E-state index contributed by atoms with van der Waals surface area (Å²) in [6.07, 6.45) is 2.69. The molecule has 7 heteroatoms. The van der Waals surface area contributed by atoms with E-state index in [1.807, 2.05) is 18.2 Å². The summed E-state index contributed by atoms with van der Waals surface area (Å²) < 4.78 is 39.0. The molecule has 28 heavy (non-hydrogen) atoms. The first kappa shape index (κ1) is 20.4. The highest BCUT2D eigenvalue weighted by atomic mass is 32.2. The normalized spacial score (nSPS) is 17.0. The molecule has 0 saturated carbocycles. The van der Waals surface area contributed by atoms with Crippen LogP contribution in [0.2, 0.25) is 0 Å². The number of hydrogen-bond donors (Lipinski definition) is 1. The highest BCUT2D eigenvalue weighted by Crippen LogP contribution is 2.38. The number of benzene rings is 2. The Hall–Kier alpha value is -2.35. The van der Waals surface area contributed by atoms with Crippen LogP contribution in [0.5, 0.6) is 11.5 Å². The summed E-state index contributed by atoms with van der Waals surface area (Å²) in [4.78, 5) is 2.48. The lowest BCUT2D eigenvalue weighted by Gasteiger charge is -2.37. The van der Waals surface area contributed by atoms with Gasteiger partial charge in [0.15, 0.2) is 11.5 Å². The minimum absolute atomic E-state index is 0.125. The molecular weight excluding hydrogens is 376 g/mol. The van der Waals surface area contributed by atoms with Crippen molar-refractivity contribution in [2.75, 3.05) is 33.9 Å². The lowest BCUT2D eigenvalue weighted by molar-refractivity contribution is 0.206. The summed E-state index contributed by atoms with van der Waals surface area (Å²) in [6.45, 7) is 5.58. The summed E-state index contributed by atoms with van der Waals surface area (Å²) >= 11 is 0. The molecule has 6 nitrogen and oxygen atoms in total. The van der Waals surface area contributed by atoms with Crippen molar-refractivity contribution in [1.29, 1.82) is 0 Å². The Labute approximate surface area is 166 Å². The van der Waals surface area contributed by atoms with Crippen molar-refractivity contribution in [2.45, 2.75) is 17.4 Å². The van der Waals surface area contributed by atoms with E-state index in [1.165, 1.54) is 0 Å². The number of sulfonamides is 1. The third-order valence-electron chi connectivity index (χ3n) is 5.00. The van der Waals surface area contributed by atoms with Crippen LogP contribution in [-0.4, -0.2) is 47.2 Å². The van der Waals surface area contributed by atoms with Crippen LogP contribution in [0, 0.1) is 0 Å². The lowest BCUT2D eigenvalue weighted by Crippen LogP contribution is -2.42. The largest absolute Gasteiger partial charge is 0.493 e. The molecule has 0 aromatic heterocycles. The minimum Gasteiger partial charge on any atom is -0.493 e. The van der Waals surface area contributed by atoms with Gasteiger partial charge in [-0.3, -0.25) is 4.90 Å². The van der Waals surface area contributed by atoms with Gasteiger partial charge in [-0.1, -0.05) is 24.3 Å². The molecule has 150 valence electrons. The Kier molecular flexibility index (Phi) is 6.39. The predicted molar refractivity (Wildman–Crippen MR) is 109 cm³/mol. The highest BCUT2D eigenvalue weighted by molar-refractivity contribution is 7.89. The Morgan fingerprint density at radius 1 is 1.18 bits per heavy atom. The van der Waals surface area contributed by atoms with E-state index in [4.69, 9.17) is 9.47 Å². The van der Waals surface area contributed by atoms with Gasteiger partial charge in [0.05, 0.1) is 19.1 Å². The van der Waals surface area contributed by atoms with Gasteiger partial charge in [0, 0.05) is 25.7 Å². The molecule has 0 bridgehead atoms. The zero-order valence-electron chi connectivity index (χ0n) is 16.2. The third kappa shape index (κ3) is 4.22. The fourth-order valence-corrected chi connectivity index (χ4v) is 4.63. The molecular formula is C21H26N2O4S. The molecule has 0 aliphatic carbocycles. The number of hydrogen-bond acceptors (Lipinski definition) is 5. The van der Waals surface area contributed by atoms with Crippen LogP contribution in [0.3, 0.4) is 0 Å². The number of fused-ring (bicyclic) bond motifs is 1. The molecule has 1 N–H and O–H groups in total. The van der Waals surface area contributed by atoms with Crippen LogP contribution in [0.4, 0.5) is 0 Å². The summed E-state index contributed by atoms with van der Waals surface area (Å²) in [5.74, 6) is 1.32. The Balaban J connectivity index is 1.92. The van der Waals surface area contributed by atoms with Gasteiger partial charge >= 0.3 is 0 Å². The first-order chi connectivity index (χ1) is 13.5. The molecule has 1 heterocycles. The van der Waals surface area contributed by atoms with Crippen LogP contribution >= 0.6 is 0 Å². The van der Waals surface area contributed by atoms with E-state index in [1.54, 1.807) is 44.6 Å². The molecule has 1 aliphatic rings. The van der Waals surface area contributed by atoms with Crippen molar-refractivity contribution in [1.82, 2.24) is 9.62 Å². The van der Waals surface area contributed by atoms with Crippen molar-refractivity contribution in [3.05, 3.63) is 66.2 Å². The Morgan fingerprint density at radius 3 is 2.50 bits per heavy atom. The van der Waals surface area contributed by atoms with Gasteiger partial charge in [0.2, 0.25) is 10.0 Å². The van der Waals surface area contributed by atoms with Gasteiger partial charge in [-0.05, 0) is 41.8 Å². The zero-order valence-corrected chi connectivity index (χ0v) is 17.0. The standard InChI is InChI=1S/C21H26N2O4S/c1-4-11-23-12-10-16-13-20(26-2)21(27-3)14-18(16)19(23)15-22-28(24,25)17-8-6-5-7-9-17/h4-9,13-14,19,22H,1,10-12,15H2,2-3H3. The summed E-state index contributed by atoms with van der Waals surface area (Å²) in [5.41, 5.74) is 2.18. The Morgan fingerprint density at radius 2 is 1.86 bits per heavy atom. The molecule has 0 saturated heterocycles. The number of ether oxygens (including phenoxy) is 2. The van der Waals surface area contributed by atoms with E-state index in [-0.39, 0.29) is 17.5 Å². The molecule has 0 radical (unpaired) electrons. The van der Waals surface area contributed by atoms with Crippen LogP contribution < -0.4 is 14.2 Å². The maximum atomic E-state index is 12.7. The topological polar surface area (TPSA) is 67.9 Å². The van der Waals surface area contributed by atoms with E-state index in [0.717, 1.165) is 24.1 Å². The van der Waals surface area contributed by atoms with Crippen molar-refractivity contribution < 1.29 is 17.9 Å². The summed E-state index contributed by atoms with van der Waals surface area (Å²) in [7, 11) is -0.375. The van der Waals surface area contributed by atoms with Crippen molar-refractivity contribution in [3.63, 3.8) is 0 Å². The van der Waals surface area contributed by atoms with E-state index < -0.39 is 10.0 Å². The van der Waals surface area contributed by atoms with Crippen LogP contribution in [0.1, 0.15) is 17.2 Å². The van der Waals surface area contributed by atoms with Gasteiger partial charge in [0.1, 0.15) is 0 Å². The van der Waals surface area contributed by atoms with E-state index in [0.29, 0.717) is 18.0 Å². The second kappa shape index (κ2) is 8.77. The molecule has 1 unspecified atom stereocenters. The van der Waals surface area contributed by atoms with E-state index in [2.05, 4.69) is 16.2 Å². The smallest absolute Gasteiger partial charge is 0.240 e. The van der Waals surface area contributed by atoms with E-state index in [9.17, 15) is 8.42 Å². The number of methoxy groups -OCH3 is 2. The first-order valence-corrected chi connectivity index (χ1v) is 10.6. The third-order valence-corrected chi connectivity index (χ3v) is 6.44. The molecule has 2 aromatic carbocycles. The minimum atomic E-state index is -3.59. The molecule has 0 amide bonds. The fourth-order valence-electron chi connectivity index (χ4n) is 3.58. The monoisotopic (exact) mass is 402 g/mol. The maximum Gasteiger partial charge on any atom is 0.240 e. The van der Waals surface area contributed by atoms with Crippen LogP contribution in [0.25, 0.3) is 0 Å². The van der Waals surface area contributed by atoms with Crippen LogP contribution in [0.15, 0.2) is 60.0 Å². The molecule has 1 atom stereocenters. The van der Waals surface area contributed by atoms with Gasteiger partial charge in [-0.2, -0.15) is 0 Å². The molecule has 0 fully saturated rings. The highest BCUT2D eigenvalue weighted by Gasteiger charge is 2.29. The molecule has 1 aliphatic heterocycles. The number of nitrogens with zero attached hydrogens (tertiary/aromatic N) is 1. The second-order valence-corrected chi connectivity index (χ2v) is 8.39. The van der Waals surface area contributed by atoms with Gasteiger partial charge < -0.3 is 9.47 Å². The average molecular weight is 403 g/mol. The number of rotatable bonds is 8. The lowest BCUT2D eigenvalue weighted by atomic mass is 9.92. The molecule has 3 rings (SSSR count). The molecule has 2 aromatic rings. The zero-order chi connectivity index (χ0) is 20.1. The summed E-state index contributed by atoms with van der Waals surface area (Å²) in [6, 6.07) is 12.2. The fraction of sp³-hybridized carbons (Fsp3) is 0.333. The van der Waals surface area contributed by atoms with E-state index >= 15 is 0 Å². The second-order valence-electron chi connectivity index (χ2n) is 6.62. The summed E-state index contributed by atoms with van der Waals surface area (Å²) in [5, 5.41) is 0. The Bertz CT molecular complexity index is 929. The van der Waals surface area contributed by atoms with Crippen LogP contribution in [-0.2, 0) is 16.4 Å². The van der Waals surface area contributed by atoms with Gasteiger partial charge in [-0.15, -0.1) is 6.58 Å². The van der Waals surface area contributed by atoms with Crippen molar-refractivity contribution >= 4 is 10.0 Å². The first-order valence-electron chi connectivity index (χ1n) is 9.14. The van der Waals surface area contributed by atoms with Gasteiger partial charge in [-0.25, -0.2) is 13.1 Å². The quantitative estimate of drug-likeness (QED) is 0.688. The average Bonchev–Trinajstić information content (AvgIpc) is 2.72. The van der Waals surface area contributed by atoms with Crippen molar-refractivity contribution in [2.24, 2.45) is 0 Å². The number of nitrogens with one attached hydrogen (secondary N) is 1. The predicted octanol–water partition coefficient (Wildman–Crippen LogP) is 2.77.